The molecule has 0 rings (SSSR count). The molecule has 0 N–H and O–H groups in total. The van der Waals surface area contributed by atoms with Crippen molar-refractivity contribution in [3.8, 4) is 0 Å². The quantitative estimate of drug-likeness (QED) is 0.0574. The number of methoxy groups -OCH3 is 1. The summed E-state index contributed by atoms with van der Waals surface area (Å²) in [5, 5.41) is 2.51. The Morgan fingerprint density at radius 3 is 0.671 bits per heavy atom. The second-order valence-electron chi connectivity index (χ2n) is 18.9. The third-order valence-corrected chi connectivity index (χ3v) is 35.8. The lowest BCUT2D eigenvalue weighted by atomic mass is 10.5. The zero-order valence-corrected chi connectivity index (χ0v) is 70.9. The van der Waals surface area contributed by atoms with Gasteiger partial charge in [-0.25, -0.2) is 0 Å². The maximum absolute atomic E-state index is 5.37. The number of hydrogen-bond donors (Lipinski definition) is 0. The van der Waals surface area contributed by atoms with E-state index < -0.39 is 0 Å². The summed E-state index contributed by atoms with van der Waals surface area (Å²) in [6.45, 7) is 65.9. The van der Waals surface area contributed by atoms with Crippen LogP contribution in [0.5, 0.6) is 0 Å². The Balaban J connectivity index is -0.0000000880. The molecule has 0 aromatic heterocycles. The molecule has 0 amide bonds. The van der Waals surface area contributed by atoms with Gasteiger partial charge < -0.3 is 4.74 Å². The molecule has 0 fully saturated rings. The summed E-state index contributed by atoms with van der Waals surface area (Å²) >= 11 is 0.988. The Kier molecular flexibility index (Phi) is 124. The van der Waals surface area contributed by atoms with Gasteiger partial charge in [-0.3, -0.25) is 0 Å². The number of rotatable bonds is 39. The van der Waals surface area contributed by atoms with Crippen molar-refractivity contribution in [1.82, 2.24) is 0 Å². The lowest BCUT2D eigenvalue weighted by Gasteiger charge is -2.09. The van der Waals surface area contributed by atoms with Crippen LogP contribution in [-0.2, 0) is 132 Å². The van der Waals surface area contributed by atoms with Crippen LogP contribution in [0.15, 0.2) is 0 Å². The Labute approximate surface area is 555 Å². The average Bonchev–Trinajstić information content (AvgIpc) is 3.47. The fraction of sp³-hybridized carbons (Fsp3) is 1.00. The van der Waals surface area contributed by atoms with Crippen molar-refractivity contribution >= 4 is 110 Å². The molecule has 0 aromatic rings. The molecule has 2 unspecified atom stereocenters. The summed E-state index contributed by atoms with van der Waals surface area (Å²) < 4.78 is 25.8. The van der Waals surface area contributed by atoms with E-state index in [0.717, 1.165) is 83.9 Å². The normalized spacial score (nSPS) is 11.4. The van der Waals surface area contributed by atoms with Gasteiger partial charge in [0.05, 0.1) is 21.3 Å². The van der Waals surface area contributed by atoms with Crippen LogP contribution in [0, 0.1) is 0 Å². The van der Waals surface area contributed by atoms with E-state index in [1.165, 1.54) is 154 Å². The van der Waals surface area contributed by atoms with Crippen molar-refractivity contribution in [3.05, 3.63) is 0 Å². The summed E-state index contributed by atoms with van der Waals surface area (Å²) in [6, 6.07) is 0. The molecule has 0 radical (unpaired) electrons. The summed E-state index contributed by atoms with van der Waals surface area (Å²) in [7, 11) is 11.4. The topological polar surface area (TPSA) is 46.2 Å². The van der Waals surface area contributed by atoms with E-state index in [0.29, 0.717) is 27.0 Å². The minimum Gasteiger partial charge on any atom is -0.339 e. The second-order valence-corrected chi connectivity index (χ2v) is 45.2. The Morgan fingerprint density at radius 2 is 0.573 bits per heavy atom. The highest BCUT2D eigenvalue weighted by Crippen LogP contribution is 2.09. The van der Waals surface area contributed by atoms with Crippen molar-refractivity contribution in [1.29, 1.82) is 0 Å². The summed E-state index contributed by atoms with van der Waals surface area (Å²) in [6.07, 6.45) is 9.47. The molecule has 0 aliphatic heterocycles. The van der Waals surface area contributed by atoms with Crippen molar-refractivity contribution < 1.29 is 21.5 Å². The van der Waals surface area contributed by atoms with E-state index in [1.807, 2.05) is 6.92 Å². The van der Waals surface area contributed by atoms with E-state index >= 15 is 0 Å². The lowest BCUT2D eigenvalue weighted by molar-refractivity contribution is 0.256. The highest BCUT2D eigenvalue weighted by molar-refractivity contribution is 7.98. The van der Waals surface area contributed by atoms with Crippen LogP contribution in [0.2, 0.25) is 0 Å². The molecule has 0 heterocycles. The van der Waals surface area contributed by atoms with Gasteiger partial charge in [0.25, 0.3) is 0 Å². The first kappa shape index (κ1) is 107. The van der Waals surface area contributed by atoms with Crippen LogP contribution in [0.1, 0.15) is 246 Å². The van der Waals surface area contributed by atoms with E-state index in [4.69, 9.17) is 21.5 Å². The van der Waals surface area contributed by atoms with Gasteiger partial charge in [0.15, 0.2) is 0 Å². The van der Waals surface area contributed by atoms with Gasteiger partial charge in [0.1, 0.15) is 194 Å². The van der Waals surface area contributed by atoms with Crippen LogP contribution >= 0.6 is 0 Å². The minimum absolute atomic E-state index is 0.210. The molecule has 0 saturated carbocycles. The SMILES string of the molecule is CCC[S+](CC)CC.CCC[S+](CC)OC.CCC[S+](CCC)C(C)C.CCC[S+](CCC)CCC.CCO[S+](CC)CC.CC[S+](CC)C(C)C.CC[S+](CC)CC.CC[S+](CC)COC.CC[S+](CC)OC.CC[S+](OC)C(C)C. The molecule has 2 atom stereocenters. The van der Waals surface area contributed by atoms with Crippen molar-refractivity contribution in [2.24, 2.45) is 0 Å². The van der Waals surface area contributed by atoms with Crippen LogP contribution < -0.4 is 0 Å². The summed E-state index contributed by atoms with van der Waals surface area (Å²) in [5.41, 5.74) is 0. The first-order valence-electron chi connectivity index (χ1n) is 33.5. The van der Waals surface area contributed by atoms with Gasteiger partial charge in [0, 0.05) is 18.0 Å². The number of ether oxygens (including phenoxy) is 1. The average molecular weight is 1370 g/mol. The zero-order chi connectivity index (χ0) is 66.0. The summed E-state index contributed by atoms with van der Waals surface area (Å²) in [4.78, 5) is 0. The van der Waals surface area contributed by atoms with Crippen LogP contribution in [-0.4, -0.2) is 183 Å². The molecule has 82 heavy (non-hydrogen) atoms. The monoisotopic (exact) mass is 1370 g/mol. The molecule has 0 aliphatic rings. The second kappa shape index (κ2) is 95.4. The van der Waals surface area contributed by atoms with Crippen LogP contribution in [0.4, 0.5) is 0 Å². The van der Waals surface area contributed by atoms with Crippen molar-refractivity contribution in [2.45, 2.75) is 261 Å². The van der Waals surface area contributed by atoms with Gasteiger partial charge in [-0.15, -0.1) is 0 Å². The third kappa shape index (κ3) is 92.0. The number of hydrogen-bond acceptors (Lipinski definition) is 5. The van der Waals surface area contributed by atoms with Gasteiger partial charge in [-0.2, -0.15) is 16.7 Å². The molecule has 0 aliphatic carbocycles. The molecule has 15 heteroatoms. The third-order valence-electron chi connectivity index (χ3n) is 11.9. The minimum atomic E-state index is 0.210. The highest BCUT2D eigenvalue weighted by Gasteiger charge is 2.21. The molecular weight excluding hydrogens is 1210 g/mol. The smallest absolute Gasteiger partial charge is 0.207 e. The van der Waals surface area contributed by atoms with E-state index in [-0.39, 0.29) is 44.7 Å². The molecule has 0 spiro atoms. The maximum atomic E-state index is 5.37. The van der Waals surface area contributed by atoms with E-state index in [9.17, 15) is 0 Å². The highest BCUT2D eigenvalue weighted by atomic mass is 32.2. The van der Waals surface area contributed by atoms with Gasteiger partial charge in [0.2, 0.25) is 5.94 Å². The van der Waals surface area contributed by atoms with Gasteiger partial charge >= 0.3 is 0 Å². The molecule has 0 aromatic carbocycles. The fourth-order valence-corrected chi connectivity index (χ4v) is 21.8. The van der Waals surface area contributed by atoms with Gasteiger partial charge in [-0.05, 0) is 252 Å². The maximum Gasteiger partial charge on any atom is 0.207 e. The first-order valence-corrected chi connectivity index (χ1v) is 49.5. The van der Waals surface area contributed by atoms with E-state index in [1.54, 1.807) is 28.4 Å². The largest absolute Gasteiger partial charge is 0.339 e. The van der Waals surface area contributed by atoms with Crippen molar-refractivity contribution in [3.63, 3.8) is 0 Å². The van der Waals surface area contributed by atoms with Crippen LogP contribution in [0.25, 0.3) is 0 Å². The Bertz CT molecular complexity index is 851. The first-order chi connectivity index (χ1) is 39.1. The molecule has 0 bridgehead atoms. The standard InChI is InChI=1S/2C9H21S.2C7H17S.4C6H15OS.C6H15S.C5H13OS/c1-5-7-10(8-6-2)9(3)4;1-4-7-10(8-5-2)9-6-3;1-5-8(6-2)7(3)4;1-4-7-8(5-2)6-3;1-5-8(7-4)6(2)3;1-4-8(5-2)6-7-3;1-4-6-8(5-2)7-3;1-4-7-8(5-2)6-3;2*1-4-7(5-2)6-3/h9H,5-8H2,1-4H3;4-9H2,1-3H3;7H,5-6H2,1-4H3;4-7H2,1-3H3;6H,5H2,1-4H3;3*4-6H2,1-3H3;4-6H2,1-3H3;4-5H2,1-3H3/q10*+1. The molecule has 512 valence electrons. The van der Waals surface area contributed by atoms with Crippen LogP contribution in [0.3, 0.4) is 0 Å². The Hall–Kier alpha value is 3.30. The summed E-state index contributed by atoms with van der Waals surface area (Å²) in [5.74, 6) is 30.1. The van der Waals surface area contributed by atoms with Gasteiger partial charge in [-0.1, -0.05) is 48.5 Å². The molecule has 5 nitrogen and oxygen atoms in total. The predicted octanol–water partition coefficient (Wildman–Crippen LogP) is 18.7. The Morgan fingerprint density at radius 1 is 0.256 bits per heavy atom. The lowest BCUT2D eigenvalue weighted by Crippen LogP contribution is -2.21. The molecule has 0 saturated heterocycles. The van der Waals surface area contributed by atoms with Crippen molar-refractivity contribution in [2.75, 3.05) is 168 Å². The predicted molar refractivity (Wildman–Crippen MR) is 428 cm³/mol. The van der Waals surface area contributed by atoms with E-state index in [2.05, 4.69) is 194 Å². The zero-order valence-electron chi connectivity index (χ0n) is 62.8. The fourth-order valence-electron chi connectivity index (χ4n) is 7.27. The molecular formula is C67H164O5S10+10.